The number of aromatic nitrogens is 1. The molecule has 7 nitrogen and oxygen atoms in total. The van der Waals surface area contributed by atoms with Crippen LogP contribution in [-0.4, -0.2) is 31.7 Å². The van der Waals surface area contributed by atoms with Gasteiger partial charge in [0.15, 0.2) is 0 Å². The Bertz CT molecular complexity index is 1650. The number of nitrogens with one attached hydrogen (secondary N) is 1. The first-order chi connectivity index (χ1) is 18.5. The van der Waals surface area contributed by atoms with Crippen LogP contribution >= 0.6 is 27.5 Å². The van der Waals surface area contributed by atoms with Crippen LogP contribution in [0.4, 0.5) is 5.69 Å². The lowest BCUT2D eigenvalue weighted by Gasteiger charge is -2.25. The highest BCUT2D eigenvalue weighted by Gasteiger charge is 2.28. The van der Waals surface area contributed by atoms with Gasteiger partial charge in [0.05, 0.1) is 16.8 Å². The molecule has 0 saturated heterocycles. The molecule has 0 atom stereocenters. The summed E-state index contributed by atoms with van der Waals surface area (Å²) in [5.74, 6) is -0.594. The predicted octanol–water partition coefficient (Wildman–Crippen LogP) is 6.47. The standard InChI is InChI=1S/C29H28BrClN4O3S/c1-19-8-14-26(15-9-19)39(37,38)34(28-7-5-6-27(31)21(28)3)18-29(36)33-32-17-23-16-20(2)35(22(23)4)25-12-10-24(30)11-13-25/h5-17H,18H2,1-4H3,(H,33,36)/b32-17-. The number of nitrogens with zero attached hydrogens (tertiary/aromatic N) is 3. The average Bonchev–Trinajstić information content (AvgIpc) is 3.18. The van der Waals surface area contributed by atoms with Crippen molar-refractivity contribution in [2.45, 2.75) is 32.6 Å². The highest BCUT2D eigenvalue weighted by Crippen LogP contribution is 2.31. The van der Waals surface area contributed by atoms with Crippen LogP contribution in [0.25, 0.3) is 5.69 Å². The first kappa shape index (κ1) is 28.6. The van der Waals surface area contributed by atoms with Gasteiger partial charge in [0.1, 0.15) is 6.54 Å². The molecule has 1 heterocycles. The molecule has 0 fully saturated rings. The van der Waals surface area contributed by atoms with E-state index in [1.54, 1.807) is 43.5 Å². The number of carbonyl (C=O) groups excluding carboxylic acids is 1. The van der Waals surface area contributed by atoms with Crippen LogP contribution in [0.15, 0.2) is 87.3 Å². The summed E-state index contributed by atoms with van der Waals surface area (Å²) in [5, 5.41) is 4.52. The Morgan fingerprint density at radius 2 is 1.69 bits per heavy atom. The van der Waals surface area contributed by atoms with Crippen LogP contribution in [0.2, 0.25) is 5.02 Å². The van der Waals surface area contributed by atoms with E-state index in [9.17, 15) is 13.2 Å². The normalized spacial score (nSPS) is 11.6. The quantitative estimate of drug-likeness (QED) is 0.180. The molecule has 10 heteroatoms. The summed E-state index contributed by atoms with van der Waals surface area (Å²) in [6.45, 7) is 7.07. The van der Waals surface area contributed by atoms with Gasteiger partial charge in [-0.05, 0) is 87.9 Å². The number of amides is 1. The molecule has 0 aliphatic rings. The van der Waals surface area contributed by atoms with E-state index in [1.807, 2.05) is 51.1 Å². The lowest BCUT2D eigenvalue weighted by atomic mass is 10.2. The second-order valence-corrected chi connectivity index (χ2v) is 12.3. The molecule has 4 rings (SSSR count). The van der Waals surface area contributed by atoms with Gasteiger partial charge in [0.25, 0.3) is 15.9 Å². The minimum atomic E-state index is -4.07. The van der Waals surface area contributed by atoms with Crippen molar-refractivity contribution in [2.24, 2.45) is 5.10 Å². The highest BCUT2D eigenvalue weighted by molar-refractivity contribution is 9.10. The zero-order valence-corrected chi connectivity index (χ0v) is 25.1. The van der Waals surface area contributed by atoms with Crippen molar-refractivity contribution in [2.75, 3.05) is 10.8 Å². The summed E-state index contributed by atoms with van der Waals surface area (Å²) in [4.78, 5) is 13.1. The second kappa shape index (κ2) is 11.8. The van der Waals surface area contributed by atoms with Crippen LogP contribution in [0.3, 0.4) is 0 Å². The van der Waals surface area contributed by atoms with E-state index in [1.165, 1.54) is 12.1 Å². The zero-order valence-electron chi connectivity index (χ0n) is 21.9. The Hall–Kier alpha value is -3.40. The molecule has 0 aliphatic carbocycles. The highest BCUT2D eigenvalue weighted by atomic mass is 79.9. The van der Waals surface area contributed by atoms with Crippen molar-refractivity contribution in [3.8, 4) is 5.69 Å². The number of benzene rings is 3. The van der Waals surface area contributed by atoms with Crippen molar-refractivity contribution in [1.29, 1.82) is 0 Å². The number of aryl methyl sites for hydroxylation is 2. The SMILES string of the molecule is Cc1ccc(S(=O)(=O)N(CC(=O)N/N=C\c2cc(C)n(-c3ccc(Br)cc3)c2C)c2cccc(Cl)c2C)cc1. The van der Waals surface area contributed by atoms with Crippen LogP contribution in [0.1, 0.15) is 28.1 Å². The fourth-order valence-corrected chi connectivity index (χ4v) is 6.16. The number of hydrogen-bond donors (Lipinski definition) is 1. The smallest absolute Gasteiger partial charge is 0.264 e. The molecule has 39 heavy (non-hydrogen) atoms. The van der Waals surface area contributed by atoms with E-state index >= 15 is 0 Å². The van der Waals surface area contributed by atoms with E-state index in [-0.39, 0.29) is 4.90 Å². The lowest BCUT2D eigenvalue weighted by Crippen LogP contribution is -2.40. The van der Waals surface area contributed by atoms with Gasteiger partial charge in [-0.25, -0.2) is 13.8 Å². The maximum absolute atomic E-state index is 13.6. The molecule has 3 aromatic carbocycles. The van der Waals surface area contributed by atoms with E-state index in [0.29, 0.717) is 16.3 Å². The Labute approximate surface area is 242 Å². The number of hydrazone groups is 1. The summed E-state index contributed by atoms with van der Waals surface area (Å²) < 4.78 is 31.4. The van der Waals surface area contributed by atoms with Crippen molar-refractivity contribution in [3.63, 3.8) is 0 Å². The third-order valence-corrected chi connectivity index (χ3v) is 9.06. The van der Waals surface area contributed by atoms with Crippen molar-refractivity contribution < 1.29 is 13.2 Å². The van der Waals surface area contributed by atoms with Crippen LogP contribution in [-0.2, 0) is 14.8 Å². The van der Waals surface area contributed by atoms with Crippen molar-refractivity contribution in [3.05, 3.63) is 110 Å². The Morgan fingerprint density at radius 1 is 1.03 bits per heavy atom. The topological polar surface area (TPSA) is 83.8 Å². The van der Waals surface area contributed by atoms with Gasteiger partial charge in [0.2, 0.25) is 0 Å². The molecule has 0 radical (unpaired) electrons. The van der Waals surface area contributed by atoms with Gasteiger partial charge in [-0.15, -0.1) is 0 Å². The number of anilines is 1. The van der Waals surface area contributed by atoms with E-state index in [2.05, 4.69) is 31.0 Å². The molecule has 4 aromatic rings. The van der Waals surface area contributed by atoms with Crippen LogP contribution in [0.5, 0.6) is 0 Å². The van der Waals surface area contributed by atoms with E-state index in [4.69, 9.17) is 11.6 Å². The van der Waals surface area contributed by atoms with Crippen molar-refractivity contribution >= 4 is 55.4 Å². The lowest BCUT2D eigenvalue weighted by molar-refractivity contribution is -0.119. The molecule has 1 aromatic heterocycles. The maximum Gasteiger partial charge on any atom is 0.264 e. The first-order valence-electron chi connectivity index (χ1n) is 12.1. The number of carbonyl (C=O) groups is 1. The van der Waals surface area contributed by atoms with Gasteiger partial charge in [-0.3, -0.25) is 9.10 Å². The molecular weight excluding hydrogens is 600 g/mol. The predicted molar refractivity (Wildman–Crippen MR) is 161 cm³/mol. The molecule has 0 bridgehead atoms. The minimum Gasteiger partial charge on any atom is -0.318 e. The van der Waals surface area contributed by atoms with Gasteiger partial charge in [-0.2, -0.15) is 5.10 Å². The third kappa shape index (κ3) is 6.27. The van der Waals surface area contributed by atoms with Gasteiger partial charge < -0.3 is 4.57 Å². The molecule has 0 saturated carbocycles. The third-order valence-electron chi connectivity index (χ3n) is 6.35. The summed E-state index contributed by atoms with van der Waals surface area (Å²) >= 11 is 9.75. The zero-order chi connectivity index (χ0) is 28.3. The minimum absolute atomic E-state index is 0.0733. The maximum atomic E-state index is 13.6. The molecular formula is C29H28BrClN4O3S. The Balaban J connectivity index is 1.58. The van der Waals surface area contributed by atoms with Crippen LogP contribution in [0, 0.1) is 27.7 Å². The van der Waals surface area contributed by atoms with Crippen LogP contribution < -0.4 is 9.73 Å². The van der Waals surface area contributed by atoms with E-state index < -0.39 is 22.5 Å². The monoisotopic (exact) mass is 626 g/mol. The second-order valence-electron chi connectivity index (χ2n) is 9.14. The van der Waals surface area contributed by atoms with Crippen molar-refractivity contribution in [1.82, 2.24) is 9.99 Å². The summed E-state index contributed by atoms with van der Waals surface area (Å²) in [5.41, 5.74) is 8.06. The first-order valence-corrected chi connectivity index (χ1v) is 14.7. The fourth-order valence-electron chi connectivity index (χ4n) is 4.25. The Kier molecular flexibility index (Phi) is 8.64. The summed E-state index contributed by atoms with van der Waals surface area (Å²) in [6.07, 6.45) is 1.55. The number of hydrogen-bond acceptors (Lipinski definition) is 4. The molecule has 202 valence electrons. The van der Waals surface area contributed by atoms with Gasteiger partial charge >= 0.3 is 0 Å². The summed E-state index contributed by atoms with van der Waals surface area (Å²) in [7, 11) is -4.07. The summed E-state index contributed by atoms with van der Waals surface area (Å²) in [6, 6.07) is 21.4. The van der Waals surface area contributed by atoms with E-state index in [0.717, 1.165) is 37.0 Å². The molecule has 1 amide bonds. The molecule has 0 spiro atoms. The number of rotatable bonds is 8. The van der Waals surface area contributed by atoms with Gasteiger partial charge in [-0.1, -0.05) is 51.3 Å². The number of sulfonamides is 1. The number of halogens is 2. The average molecular weight is 628 g/mol. The largest absolute Gasteiger partial charge is 0.318 e. The molecule has 0 unspecified atom stereocenters. The molecule has 0 aliphatic heterocycles. The Morgan fingerprint density at radius 3 is 2.36 bits per heavy atom. The fraction of sp³-hybridized carbons (Fsp3) is 0.172. The van der Waals surface area contributed by atoms with Gasteiger partial charge in [0, 0.05) is 32.1 Å². The molecule has 1 N–H and O–H groups in total.